The second kappa shape index (κ2) is 10.3. The predicted molar refractivity (Wildman–Crippen MR) is 117 cm³/mol. The molecule has 3 rings (SSSR count). The van der Waals surface area contributed by atoms with Crippen LogP contribution in [0.4, 0.5) is 5.69 Å². The van der Waals surface area contributed by atoms with E-state index >= 15 is 0 Å². The van der Waals surface area contributed by atoms with E-state index < -0.39 is 0 Å². The van der Waals surface area contributed by atoms with Crippen LogP contribution in [-0.2, 0) is 6.54 Å². The number of nitrogens with one attached hydrogen (secondary N) is 4. The molecular formula is C23H36N4O. The Morgan fingerprint density at radius 3 is 2.86 bits per heavy atom. The van der Waals surface area contributed by atoms with Gasteiger partial charge in [-0.1, -0.05) is 45.1 Å². The van der Waals surface area contributed by atoms with Gasteiger partial charge in [-0.25, -0.2) is 0 Å². The van der Waals surface area contributed by atoms with Crippen molar-refractivity contribution in [3.8, 4) is 5.75 Å². The Balaban J connectivity index is 1.55. The van der Waals surface area contributed by atoms with Gasteiger partial charge >= 0.3 is 0 Å². The van der Waals surface area contributed by atoms with Crippen LogP contribution in [0.2, 0.25) is 0 Å². The number of benzene rings is 1. The number of methoxy groups -OCH3 is 1. The SMILES string of the molecule is CCCC1CCCC(CC2=CNNC(NCc3ccc(NC)cc3OC)=C2)C1. The maximum atomic E-state index is 5.53. The van der Waals surface area contributed by atoms with Crippen molar-refractivity contribution >= 4 is 5.69 Å². The summed E-state index contributed by atoms with van der Waals surface area (Å²) in [5.41, 5.74) is 9.99. The number of anilines is 1. The van der Waals surface area contributed by atoms with E-state index in [-0.39, 0.29) is 0 Å². The molecule has 0 aromatic heterocycles. The summed E-state index contributed by atoms with van der Waals surface area (Å²) in [6.07, 6.45) is 13.8. The molecule has 1 aliphatic carbocycles. The molecule has 4 N–H and O–H groups in total. The first-order valence-corrected chi connectivity index (χ1v) is 10.7. The number of rotatable bonds is 9. The molecule has 1 aromatic rings. The third-order valence-corrected chi connectivity index (χ3v) is 5.95. The Bertz CT molecular complexity index is 696. The summed E-state index contributed by atoms with van der Waals surface area (Å²) in [5, 5.41) is 6.64. The summed E-state index contributed by atoms with van der Waals surface area (Å²) < 4.78 is 5.53. The van der Waals surface area contributed by atoms with Gasteiger partial charge in [-0.3, -0.25) is 5.43 Å². The van der Waals surface area contributed by atoms with Gasteiger partial charge in [-0.05, 0) is 42.4 Å². The average molecular weight is 385 g/mol. The highest BCUT2D eigenvalue weighted by Gasteiger charge is 2.22. The number of hydrogen-bond acceptors (Lipinski definition) is 5. The van der Waals surface area contributed by atoms with Crippen molar-refractivity contribution < 1.29 is 4.74 Å². The van der Waals surface area contributed by atoms with Gasteiger partial charge in [-0.15, -0.1) is 0 Å². The quantitative estimate of drug-likeness (QED) is 0.499. The van der Waals surface area contributed by atoms with Gasteiger partial charge in [0.25, 0.3) is 0 Å². The minimum absolute atomic E-state index is 0.711. The number of ether oxygens (including phenoxy) is 1. The summed E-state index contributed by atoms with van der Waals surface area (Å²) in [4.78, 5) is 0. The highest BCUT2D eigenvalue weighted by atomic mass is 16.5. The normalized spacial score (nSPS) is 21.7. The Morgan fingerprint density at radius 2 is 2.07 bits per heavy atom. The average Bonchev–Trinajstić information content (AvgIpc) is 2.73. The van der Waals surface area contributed by atoms with Crippen LogP contribution in [0.25, 0.3) is 0 Å². The lowest BCUT2D eigenvalue weighted by atomic mass is 9.77. The van der Waals surface area contributed by atoms with Crippen molar-refractivity contribution in [3.63, 3.8) is 0 Å². The summed E-state index contributed by atoms with van der Waals surface area (Å²) in [5.74, 6) is 3.67. The van der Waals surface area contributed by atoms with E-state index in [2.05, 4.69) is 52.8 Å². The van der Waals surface area contributed by atoms with Gasteiger partial charge in [0, 0.05) is 37.1 Å². The zero-order valence-electron chi connectivity index (χ0n) is 17.6. The highest BCUT2D eigenvalue weighted by Crippen LogP contribution is 2.35. The number of allylic oxidation sites excluding steroid dienone is 2. The van der Waals surface area contributed by atoms with Crippen LogP contribution in [0.5, 0.6) is 5.75 Å². The predicted octanol–water partition coefficient (Wildman–Crippen LogP) is 4.66. The molecule has 5 heteroatoms. The lowest BCUT2D eigenvalue weighted by Gasteiger charge is -2.30. The fraction of sp³-hybridized carbons (Fsp3) is 0.565. The van der Waals surface area contributed by atoms with Gasteiger partial charge in [0.2, 0.25) is 0 Å². The second-order valence-corrected chi connectivity index (χ2v) is 8.07. The lowest BCUT2D eigenvalue weighted by Crippen LogP contribution is -2.36. The van der Waals surface area contributed by atoms with Crippen molar-refractivity contribution in [2.24, 2.45) is 11.8 Å². The molecule has 28 heavy (non-hydrogen) atoms. The van der Waals surface area contributed by atoms with E-state index in [0.717, 1.165) is 34.7 Å². The molecule has 5 nitrogen and oxygen atoms in total. The molecule has 1 aliphatic heterocycles. The standard InChI is InChI=1S/C23H36N4O/c1-4-6-17-7-5-8-18(11-17)12-19-13-23(27-26-15-19)25-16-20-9-10-21(24-2)14-22(20)28-3/h9-10,13-15,17-18,24-27H,4-8,11-12,16H2,1-3H3. The third-order valence-electron chi connectivity index (χ3n) is 5.95. The molecule has 1 saturated carbocycles. The van der Waals surface area contributed by atoms with Crippen LogP contribution in [0.1, 0.15) is 57.4 Å². The Labute approximate surface area is 170 Å². The van der Waals surface area contributed by atoms with E-state index in [1.54, 1.807) is 7.11 Å². The molecular weight excluding hydrogens is 348 g/mol. The van der Waals surface area contributed by atoms with Gasteiger partial charge in [0.1, 0.15) is 11.6 Å². The summed E-state index contributed by atoms with van der Waals surface area (Å²) in [6.45, 7) is 3.02. The van der Waals surface area contributed by atoms with Crippen molar-refractivity contribution in [3.05, 3.63) is 47.4 Å². The Hall–Kier alpha value is -2.30. The fourth-order valence-electron chi connectivity index (χ4n) is 4.51. The largest absolute Gasteiger partial charge is 0.496 e. The maximum Gasteiger partial charge on any atom is 0.125 e. The van der Waals surface area contributed by atoms with E-state index in [9.17, 15) is 0 Å². The number of hydrazine groups is 1. The summed E-state index contributed by atoms with van der Waals surface area (Å²) in [7, 11) is 3.63. The monoisotopic (exact) mass is 384 g/mol. The van der Waals surface area contributed by atoms with Crippen LogP contribution in [0.3, 0.4) is 0 Å². The first-order valence-electron chi connectivity index (χ1n) is 10.7. The van der Waals surface area contributed by atoms with Crippen LogP contribution in [0.15, 0.2) is 41.9 Å². The first kappa shape index (κ1) is 20.4. The molecule has 1 heterocycles. The molecule has 1 fully saturated rings. The minimum atomic E-state index is 0.711. The highest BCUT2D eigenvalue weighted by molar-refractivity contribution is 5.51. The second-order valence-electron chi connectivity index (χ2n) is 8.07. The lowest BCUT2D eigenvalue weighted by molar-refractivity contribution is 0.252. The molecule has 0 spiro atoms. The molecule has 0 bridgehead atoms. The van der Waals surface area contributed by atoms with Crippen molar-refractivity contribution in [1.82, 2.24) is 16.2 Å². The number of hydrogen-bond donors (Lipinski definition) is 4. The van der Waals surface area contributed by atoms with Gasteiger partial charge in [0.15, 0.2) is 0 Å². The Kier molecular flexibility index (Phi) is 7.52. The van der Waals surface area contributed by atoms with Crippen LogP contribution in [0, 0.1) is 11.8 Å². The third kappa shape index (κ3) is 5.60. The van der Waals surface area contributed by atoms with Crippen molar-refractivity contribution in [2.75, 3.05) is 19.5 Å². The topological polar surface area (TPSA) is 57.3 Å². The van der Waals surface area contributed by atoms with Crippen LogP contribution < -0.4 is 26.2 Å². The molecule has 154 valence electrons. The Morgan fingerprint density at radius 1 is 1.21 bits per heavy atom. The van der Waals surface area contributed by atoms with E-state index in [4.69, 9.17) is 4.74 Å². The molecule has 1 aromatic carbocycles. The maximum absolute atomic E-state index is 5.53. The molecule has 2 aliphatic rings. The molecule has 0 saturated heterocycles. The smallest absolute Gasteiger partial charge is 0.125 e. The fourth-order valence-corrected chi connectivity index (χ4v) is 4.51. The first-order chi connectivity index (χ1) is 13.7. The summed E-state index contributed by atoms with van der Waals surface area (Å²) >= 11 is 0. The van der Waals surface area contributed by atoms with E-state index in [0.29, 0.717) is 6.54 Å². The van der Waals surface area contributed by atoms with Gasteiger partial charge < -0.3 is 20.8 Å². The van der Waals surface area contributed by atoms with Crippen molar-refractivity contribution in [1.29, 1.82) is 0 Å². The van der Waals surface area contributed by atoms with Crippen molar-refractivity contribution in [2.45, 2.75) is 58.4 Å². The molecule has 0 amide bonds. The van der Waals surface area contributed by atoms with Gasteiger partial charge in [-0.2, -0.15) is 0 Å². The minimum Gasteiger partial charge on any atom is -0.496 e. The molecule has 2 atom stereocenters. The zero-order chi connectivity index (χ0) is 19.8. The molecule has 0 radical (unpaired) electrons. The molecule has 2 unspecified atom stereocenters. The van der Waals surface area contributed by atoms with Gasteiger partial charge in [0.05, 0.1) is 7.11 Å². The van der Waals surface area contributed by atoms with Crippen LogP contribution in [-0.4, -0.2) is 14.2 Å². The van der Waals surface area contributed by atoms with E-state index in [1.165, 1.54) is 50.5 Å². The summed E-state index contributed by atoms with van der Waals surface area (Å²) in [6, 6.07) is 6.20. The van der Waals surface area contributed by atoms with Crippen LogP contribution >= 0.6 is 0 Å². The zero-order valence-corrected chi connectivity index (χ0v) is 17.6. The van der Waals surface area contributed by atoms with E-state index in [1.807, 2.05) is 13.1 Å².